The minimum absolute atomic E-state index is 0.237. The van der Waals surface area contributed by atoms with Crippen LogP contribution in [-0.4, -0.2) is 28.9 Å². The molecule has 2 heterocycles. The van der Waals surface area contributed by atoms with E-state index in [0.29, 0.717) is 22.5 Å². The van der Waals surface area contributed by atoms with Gasteiger partial charge in [0, 0.05) is 11.6 Å². The van der Waals surface area contributed by atoms with Crippen LogP contribution in [0, 0.1) is 12.8 Å². The van der Waals surface area contributed by atoms with Gasteiger partial charge >= 0.3 is 0 Å². The Morgan fingerprint density at radius 2 is 1.92 bits per heavy atom. The molecule has 4 rings (SSSR count). The van der Waals surface area contributed by atoms with Crippen LogP contribution in [-0.2, 0) is 4.79 Å². The van der Waals surface area contributed by atoms with E-state index in [9.17, 15) is 9.59 Å². The molecule has 0 radical (unpaired) electrons. The monoisotopic (exact) mass is 371 g/mol. The van der Waals surface area contributed by atoms with Gasteiger partial charge in [-0.1, -0.05) is 30.3 Å². The van der Waals surface area contributed by atoms with Gasteiger partial charge in [-0.15, -0.1) is 11.3 Å². The highest BCUT2D eigenvalue weighted by Crippen LogP contribution is 2.35. The van der Waals surface area contributed by atoms with E-state index < -0.39 is 0 Å². The van der Waals surface area contributed by atoms with Gasteiger partial charge in [-0.2, -0.15) is 0 Å². The third-order valence-electron chi connectivity index (χ3n) is 4.76. The molecule has 1 saturated heterocycles. The van der Waals surface area contributed by atoms with Crippen molar-refractivity contribution in [3.8, 4) is 10.6 Å². The van der Waals surface area contributed by atoms with E-state index in [0.717, 1.165) is 17.0 Å². The number of hydrogen-bond acceptors (Lipinski definition) is 6. The second-order valence-corrected chi connectivity index (χ2v) is 7.76. The van der Waals surface area contributed by atoms with Crippen molar-refractivity contribution in [2.45, 2.75) is 38.3 Å². The summed E-state index contributed by atoms with van der Waals surface area (Å²) in [5, 5.41) is 0.786. The third kappa shape index (κ3) is 3.62. The molecule has 1 aromatic carbocycles. The molecule has 4 N–H and O–H groups in total. The summed E-state index contributed by atoms with van der Waals surface area (Å²) in [6, 6.07) is 9.73. The number of thiazole rings is 1. The van der Waals surface area contributed by atoms with Crippen LogP contribution in [0.25, 0.3) is 10.6 Å². The van der Waals surface area contributed by atoms with Crippen LogP contribution in [0.4, 0.5) is 0 Å². The summed E-state index contributed by atoms with van der Waals surface area (Å²) in [5.41, 5.74) is 12.8. The number of aromatic nitrogens is 1. The van der Waals surface area contributed by atoms with Crippen molar-refractivity contribution in [1.29, 1.82) is 0 Å². The smallest absolute Gasteiger partial charge is 0.271 e. The maximum absolute atomic E-state index is 12.4. The summed E-state index contributed by atoms with van der Waals surface area (Å²) in [6.45, 7) is 1.79. The van der Waals surface area contributed by atoms with E-state index in [-0.39, 0.29) is 17.9 Å². The number of rotatable bonds is 4. The lowest BCUT2D eigenvalue weighted by molar-refractivity contribution is -0.123. The lowest BCUT2D eigenvalue weighted by atomic mass is 10.1. The van der Waals surface area contributed by atoms with Gasteiger partial charge in [0.05, 0.1) is 5.69 Å². The molecule has 1 aromatic heterocycles. The number of carbonyl (C=O) groups excluding carboxylic acids is 2. The second kappa shape index (κ2) is 7.14. The van der Waals surface area contributed by atoms with Crippen molar-refractivity contribution in [3.05, 3.63) is 40.9 Å². The Hall–Kier alpha value is -2.29. The van der Waals surface area contributed by atoms with Crippen LogP contribution >= 0.6 is 11.3 Å². The first-order valence-electron chi connectivity index (χ1n) is 8.76. The molecule has 2 unspecified atom stereocenters. The fourth-order valence-corrected chi connectivity index (χ4v) is 4.10. The summed E-state index contributed by atoms with van der Waals surface area (Å²) in [4.78, 5) is 29.6. The Labute approximate surface area is 155 Å². The molecule has 8 heteroatoms. The van der Waals surface area contributed by atoms with Crippen LogP contribution in [0.2, 0.25) is 0 Å². The van der Waals surface area contributed by atoms with Crippen LogP contribution in [0.15, 0.2) is 30.3 Å². The largest absolute Gasteiger partial charge is 0.281 e. The van der Waals surface area contributed by atoms with Crippen molar-refractivity contribution in [2.24, 2.45) is 5.92 Å². The maximum atomic E-state index is 12.4. The molecule has 2 aromatic rings. The zero-order chi connectivity index (χ0) is 18.1. The minimum atomic E-state index is -0.347. The van der Waals surface area contributed by atoms with E-state index >= 15 is 0 Å². The molecular weight excluding hydrogens is 350 g/mol. The number of nitrogens with one attached hydrogen (secondary N) is 4. The van der Waals surface area contributed by atoms with Gasteiger partial charge in [-0.3, -0.25) is 25.9 Å². The molecule has 0 bridgehead atoms. The molecule has 136 valence electrons. The summed E-state index contributed by atoms with van der Waals surface area (Å²) in [7, 11) is 0. The fraction of sp³-hybridized carbons (Fsp3) is 0.389. The number of nitrogens with zero attached hydrogens (tertiary/aromatic N) is 1. The van der Waals surface area contributed by atoms with Crippen molar-refractivity contribution < 1.29 is 9.59 Å². The molecule has 1 aliphatic carbocycles. The molecule has 26 heavy (non-hydrogen) atoms. The first-order valence-corrected chi connectivity index (χ1v) is 9.57. The zero-order valence-corrected chi connectivity index (χ0v) is 15.2. The number of aryl methyl sites for hydroxylation is 1. The molecule has 0 spiro atoms. The van der Waals surface area contributed by atoms with E-state index in [1.54, 1.807) is 6.92 Å². The van der Waals surface area contributed by atoms with Gasteiger partial charge < -0.3 is 0 Å². The minimum Gasteiger partial charge on any atom is -0.271 e. The summed E-state index contributed by atoms with van der Waals surface area (Å²) >= 11 is 1.31. The van der Waals surface area contributed by atoms with Gasteiger partial charge in [-0.05, 0) is 32.1 Å². The Kier molecular flexibility index (Phi) is 4.71. The zero-order valence-electron chi connectivity index (χ0n) is 14.4. The van der Waals surface area contributed by atoms with Crippen molar-refractivity contribution in [3.63, 3.8) is 0 Å². The lowest BCUT2D eigenvalue weighted by Gasteiger charge is -2.11. The molecule has 2 amide bonds. The highest BCUT2D eigenvalue weighted by atomic mass is 32.1. The average molecular weight is 371 g/mol. The highest BCUT2D eigenvalue weighted by Gasteiger charge is 2.38. The predicted octanol–water partition coefficient (Wildman–Crippen LogP) is 1.52. The first kappa shape index (κ1) is 17.1. The Bertz CT molecular complexity index is 818. The topological polar surface area (TPSA) is 95.2 Å². The van der Waals surface area contributed by atoms with Gasteiger partial charge in [0.1, 0.15) is 15.9 Å². The van der Waals surface area contributed by atoms with Crippen molar-refractivity contribution in [1.82, 2.24) is 26.7 Å². The second-order valence-electron chi connectivity index (χ2n) is 6.76. The quantitative estimate of drug-likeness (QED) is 0.612. The lowest BCUT2D eigenvalue weighted by Crippen LogP contribution is -2.50. The van der Waals surface area contributed by atoms with Gasteiger partial charge in [0.25, 0.3) is 11.8 Å². The number of hydrazine groups is 2. The number of hydrogen-bond donors (Lipinski definition) is 4. The molecular formula is C18H21N5O2S. The van der Waals surface area contributed by atoms with Gasteiger partial charge in [0.2, 0.25) is 0 Å². The molecule has 7 nitrogen and oxygen atoms in total. The van der Waals surface area contributed by atoms with Crippen LogP contribution < -0.4 is 21.7 Å². The van der Waals surface area contributed by atoms with Gasteiger partial charge in [-0.25, -0.2) is 10.4 Å². The van der Waals surface area contributed by atoms with Crippen LogP contribution in [0.1, 0.15) is 34.6 Å². The molecule has 1 aliphatic heterocycles. The highest BCUT2D eigenvalue weighted by molar-refractivity contribution is 7.17. The number of carbonyl (C=O) groups is 2. The predicted molar refractivity (Wildman–Crippen MR) is 99.1 cm³/mol. The van der Waals surface area contributed by atoms with E-state index in [1.165, 1.54) is 24.2 Å². The molecule has 1 saturated carbocycles. The number of amides is 2. The molecule has 2 aliphatic rings. The van der Waals surface area contributed by atoms with Crippen LogP contribution in [0.5, 0.6) is 0 Å². The Morgan fingerprint density at radius 3 is 2.65 bits per heavy atom. The summed E-state index contributed by atoms with van der Waals surface area (Å²) < 4.78 is 0. The third-order valence-corrected chi connectivity index (χ3v) is 5.97. The molecule has 2 fully saturated rings. The number of benzene rings is 1. The van der Waals surface area contributed by atoms with Crippen molar-refractivity contribution in [2.75, 3.05) is 0 Å². The Balaban J connectivity index is 1.35. The van der Waals surface area contributed by atoms with E-state index in [4.69, 9.17) is 0 Å². The standard InChI is InChI=1S/C18H21N5O2S/c1-10-15(26-18(19-10)12-5-3-2-4-6-12)17(25)23-22-16(24)14-9-13(20-21-14)11-7-8-11/h2-6,11,13-14,20-21H,7-9H2,1H3,(H,22,24)(H,23,25). The van der Waals surface area contributed by atoms with Crippen LogP contribution in [0.3, 0.4) is 0 Å². The SMILES string of the molecule is Cc1nc(-c2ccccc2)sc1C(=O)NNC(=O)C1CC(C2CC2)NN1. The fourth-order valence-electron chi connectivity index (χ4n) is 3.13. The van der Waals surface area contributed by atoms with Gasteiger partial charge in [0.15, 0.2) is 0 Å². The summed E-state index contributed by atoms with van der Waals surface area (Å²) in [5.74, 6) is 0.0887. The summed E-state index contributed by atoms with van der Waals surface area (Å²) in [6.07, 6.45) is 3.18. The van der Waals surface area contributed by atoms with E-state index in [1.807, 2.05) is 30.3 Å². The molecule has 2 atom stereocenters. The van der Waals surface area contributed by atoms with E-state index in [2.05, 4.69) is 26.7 Å². The average Bonchev–Trinajstić information content (AvgIpc) is 3.25. The first-order chi connectivity index (χ1) is 12.6. The van der Waals surface area contributed by atoms with Crippen molar-refractivity contribution >= 4 is 23.2 Å². The normalized spacial score (nSPS) is 22.2. The maximum Gasteiger partial charge on any atom is 0.281 e. The Morgan fingerprint density at radius 1 is 1.15 bits per heavy atom.